The standard InChI is InChI=1S/C38H44ClN5O5S/c1-23-5-4-6-34(48-3)29-10-7-25(29)19-44-21-38(16-26-13-30(26)31-15-28(39)9-11-32(31)38)22-49-35-12-8-24(14-33(35)44)36(45)41-50(47,20-23)42-37(46)27-17-40-43(2)18-27/h4,6,8-9,11-12,14-15,17-18,23,25-26,29-30,34H,5,7,10,13,16,19-22H2,1-3H3,(H,41,42,45,46,47)/b6-4+/t23-,25-,26-,29+,30-,34-,38-,50?/m0/s1. The molecule has 3 heterocycles. The molecular formula is C38H44ClN5O5S. The highest BCUT2D eigenvalue weighted by Crippen LogP contribution is 2.61. The molecular weight excluding hydrogens is 674 g/mol. The van der Waals surface area contributed by atoms with Crippen molar-refractivity contribution in [2.75, 3.05) is 37.5 Å². The third kappa shape index (κ3) is 6.26. The van der Waals surface area contributed by atoms with Crippen molar-refractivity contribution in [2.24, 2.45) is 35.1 Å². The fraction of sp³-hybridized carbons (Fsp3) is 0.500. The van der Waals surface area contributed by atoms with Crippen LogP contribution in [0, 0.1) is 23.7 Å². The molecule has 2 bridgehead atoms. The molecule has 2 saturated carbocycles. The summed E-state index contributed by atoms with van der Waals surface area (Å²) in [5, 5.41) is 4.83. The second-order valence-corrected chi connectivity index (χ2v) is 17.6. The summed E-state index contributed by atoms with van der Waals surface area (Å²) < 4.78 is 35.6. The number of carbonyl (C=O) groups is 2. The van der Waals surface area contributed by atoms with Gasteiger partial charge < -0.3 is 14.4 Å². The molecule has 2 aliphatic heterocycles. The zero-order valence-electron chi connectivity index (χ0n) is 28.7. The Bertz CT molecular complexity index is 2000. The number of nitrogens with zero attached hydrogens (tertiary/aromatic N) is 4. The van der Waals surface area contributed by atoms with E-state index in [0.717, 1.165) is 43.1 Å². The van der Waals surface area contributed by atoms with Gasteiger partial charge in [0.15, 0.2) is 0 Å². The summed E-state index contributed by atoms with van der Waals surface area (Å²) in [6.07, 6.45) is 12.1. The summed E-state index contributed by atoms with van der Waals surface area (Å²) in [5.41, 5.74) is 3.79. The number of hydrogen-bond acceptors (Lipinski definition) is 7. The largest absolute Gasteiger partial charge is 0.490 e. The molecule has 3 aliphatic carbocycles. The molecule has 1 spiro atoms. The van der Waals surface area contributed by atoms with E-state index in [1.807, 2.05) is 25.1 Å². The molecule has 0 saturated heterocycles. The number of rotatable bonds is 3. The molecule has 12 heteroatoms. The first-order valence-electron chi connectivity index (χ1n) is 17.6. The summed E-state index contributed by atoms with van der Waals surface area (Å²) >= 11 is 6.53. The van der Waals surface area contributed by atoms with E-state index in [4.69, 9.17) is 21.1 Å². The average molecular weight is 718 g/mol. The van der Waals surface area contributed by atoms with Crippen LogP contribution < -0.4 is 14.4 Å². The number of allylic oxidation sites excluding steroid dienone is 1. The Morgan fingerprint density at radius 3 is 2.80 bits per heavy atom. The minimum Gasteiger partial charge on any atom is -0.490 e. The van der Waals surface area contributed by atoms with Gasteiger partial charge in [0.1, 0.15) is 15.7 Å². The lowest BCUT2D eigenvalue weighted by atomic mass is 9.68. The van der Waals surface area contributed by atoms with Gasteiger partial charge in [-0.1, -0.05) is 36.7 Å². The Morgan fingerprint density at radius 2 is 2.04 bits per heavy atom. The number of anilines is 1. The minimum atomic E-state index is -3.51. The monoisotopic (exact) mass is 717 g/mol. The summed E-state index contributed by atoms with van der Waals surface area (Å²) in [6.45, 7) is 4.00. The maximum Gasteiger partial charge on any atom is 0.286 e. The Labute approximate surface area is 298 Å². The molecule has 1 N–H and O–H groups in total. The SMILES string of the molecule is CO[C@H]1/C=C/C[C@H](C)CS(=O)(NC(=O)c2cnn(C)c2)=NC(=O)c2ccc3c(c2)N(C[C@@H]2CC[C@H]21)C[C@]1(CO3)C[C@@H]2C[C@@H]2c2cc(Cl)ccc21. The second-order valence-electron chi connectivity index (χ2n) is 15.2. The van der Waals surface area contributed by atoms with Crippen LogP contribution in [0.5, 0.6) is 5.75 Å². The van der Waals surface area contributed by atoms with Crippen LogP contribution in [0.1, 0.15) is 76.8 Å². The van der Waals surface area contributed by atoms with E-state index in [1.165, 1.54) is 34.6 Å². The number of ether oxygens (including phenoxy) is 2. The summed E-state index contributed by atoms with van der Waals surface area (Å²) in [7, 11) is -0.0496. The number of hydrogen-bond donors (Lipinski definition) is 1. The molecule has 0 radical (unpaired) electrons. The fourth-order valence-corrected chi connectivity index (χ4v) is 10.9. The maximum atomic E-state index is 14.4. The number of methoxy groups -OCH3 is 1. The number of aromatic nitrogens is 2. The first-order valence-corrected chi connectivity index (χ1v) is 19.7. The first kappa shape index (κ1) is 33.5. The van der Waals surface area contributed by atoms with E-state index in [0.29, 0.717) is 48.0 Å². The van der Waals surface area contributed by atoms with Crippen molar-refractivity contribution in [1.29, 1.82) is 0 Å². The van der Waals surface area contributed by atoms with Gasteiger partial charge in [-0.05, 0) is 103 Å². The Kier molecular flexibility index (Phi) is 8.59. The highest BCUT2D eigenvalue weighted by atomic mass is 35.5. The number of nitrogens with one attached hydrogen (secondary N) is 1. The number of carbonyl (C=O) groups excluding carboxylic acids is 2. The number of amides is 2. The molecule has 8 rings (SSSR count). The quantitative estimate of drug-likeness (QED) is 0.316. The smallest absolute Gasteiger partial charge is 0.286 e. The van der Waals surface area contributed by atoms with Crippen LogP contribution in [0.2, 0.25) is 5.02 Å². The van der Waals surface area contributed by atoms with Crippen molar-refractivity contribution < 1.29 is 23.3 Å². The Balaban J connectivity index is 1.21. The number of halogens is 1. The van der Waals surface area contributed by atoms with E-state index < -0.39 is 21.7 Å². The molecule has 264 valence electrons. The van der Waals surface area contributed by atoms with Crippen LogP contribution in [0.4, 0.5) is 5.69 Å². The summed E-state index contributed by atoms with van der Waals surface area (Å²) in [5.74, 6) is 1.24. The van der Waals surface area contributed by atoms with Gasteiger partial charge in [-0.3, -0.25) is 19.0 Å². The molecule has 8 atom stereocenters. The number of aryl methyl sites for hydroxylation is 1. The molecule has 1 aromatic heterocycles. The predicted octanol–water partition coefficient (Wildman–Crippen LogP) is 6.31. The van der Waals surface area contributed by atoms with Crippen LogP contribution in [0.25, 0.3) is 0 Å². The lowest BCUT2D eigenvalue weighted by molar-refractivity contribution is 0.0131. The second kappa shape index (κ2) is 12.8. The van der Waals surface area contributed by atoms with Crippen molar-refractivity contribution in [3.05, 3.63) is 88.2 Å². The van der Waals surface area contributed by atoms with E-state index in [-0.39, 0.29) is 28.8 Å². The number of benzene rings is 2. The van der Waals surface area contributed by atoms with Crippen LogP contribution >= 0.6 is 11.6 Å². The molecule has 2 fully saturated rings. The molecule has 1 unspecified atom stereocenters. The highest BCUT2D eigenvalue weighted by Gasteiger charge is 2.54. The van der Waals surface area contributed by atoms with Crippen molar-refractivity contribution in [3.8, 4) is 5.75 Å². The molecule has 2 amide bonds. The first-order chi connectivity index (χ1) is 24.0. The normalized spacial score (nSPS) is 33.8. The van der Waals surface area contributed by atoms with Crippen molar-refractivity contribution >= 4 is 39.0 Å². The molecule has 2 aromatic carbocycles. The third-order valence-corrected chi connectivity index (χ3v) is 13.8. The highest BCUT2D eigenvalue weighted by molar-refractivity contribution is 7.92. The summed E-state index contributed by atoms with van der Waals surface area (Å²) in [6, 6.07) is 11.7. The average Bonchev–Trinajstić information content (AvgIpc) is 3.75. The zero-order chi connectivity index (χ0) is 34.8. The zero-order valence-corrected chi connectivity index (χ0v) is 30.3. The molecule has 3 aromatic rings. The maximum absolute atomic E-state index is 14.4. The van der Waals surface area contributed by atoms with E-state index >= 15 is 0 Å². The van der Waals surface area contributed by atoms with Gasteiger partial charge in [-0.15, -0.1) is 4.36 Å². The molecule has 50 heavy (non-hydrogen) atoms. The van der Waals surface area contributed by atoms with Gasteiger partial charge in [-0.25, -0.2) is 4.21 Å². The van der Waals surface area contributed by atoms with Gasteiger partial charge >= 0.3 is 0 Å². The Hall–Kier alpha value is -3.67. The lowest BCUT2D eigenvalue weighted by Gasteiger charge is -2.46. The molecule has 10 nitrogen and oxygen atoms in total. The van der Waals surface area contributed by atoms with Gasteiger partial charge in [-0.2, -0.15) is 5.10 Å². The van der Waals surface area contributed by atoms with Crippen LogP contribution in [-0.2, 0) is 27.1 Å². The van der Waals surface area contributed by atoms with E-state index in [2.05, 4.69) is 43.4 Å². The third-order valence-electron chi connectivity index (χ3n) is 11.6. The Morgan fingerprint density at radius 1 is 1.18 bits per heavy atom. The van der Waals surface area contributed by atoms with Gasteiger partial charge in [0.05, 0.1) is 35.9 Å². The van der Waals surface area contributed by atoms with Gasteiger partial charge in [0, 0.05) is 49.4 Å². The van der Waals surface area contributed by atoms with Gasteiger partial charge in [0.25, 0.3) is 11.8 Å². The van der Waals surface area contributed by atoms with Crippen LogP contribution in [0.3, 0.4) is 0 Å². The van der Waals surface area contributed by atoms with Crippen LogP contribution in [-0.4, -0.2) is 64.5 Å². The number of fused-ring (bicyclic) bond motifs is 6. The lowest BCUT2D eigenvalue weighted by Crippen LogP contribution is -2.49. The predicted molar refractivity (Wildman–Crippen MR) is 193 cm³/mol. The van der Waals surface area contributed by atoms with E-state index in [1.54, 1.807) is 20.2 Å². The minimum absolute atomic E-state index is 0.00701. The van der Waals surface area contributed by atoms with Crippen molar-refractivity contribution in [3.63, 3.8) is 0 Å². The van der Waals surface area contributed by atoms with Crippen molar-refractivity contribution in [1.82, 2.24) is 14.5 Å². The summed E-state index contributed by atoms with van der Waals surface area (Å²) in [4.78, 5) is 29.6. The van der Waals surface area contributed by atoms with Crippen molar-refractivity contribution in [2.45, 2.75) is 56.5 Å². The molecule has 5 aliphatic rings. The fourth-order valence-electron chi connectivity index (χ4n) is 8.83. The van der Waals surface area contributed by atoms with E-state index in [9.17, 15) is 13.8 Å². The van der Waals surface area contributed by atoms with Crippen LogP contribution in [0.15, 0.2) is 65.3 Å². The topological polar surface area (TPSA) is 115 Å². The van der Waals surface area contributed by atoms with Gasteiger partial charge in [0.2, 0.25) is 0 Å².